The first kappa shape index (κ1) is 19.5. The average Bonchev–Trinajstić information content (AvgIpc) is 2.61. The fourth-order valence-electron chi connectivity index (χ4n) is 2.02. The number of ether oxygens (including phenoxy) is 3. The van der Waals surface area contributed by atoms with E-state index >= 15 is 0 Å². The predicted octanol–water partition coefficient (Wildman–Crippen LogP) is 1.59. The summed E-state index contributed by atoms with van der Waals surface area (Å²) in [6.07, 6.45) is 1.44. The Morgan fingerprint density at radius 1 is 1.25 bits per heavy atom. The first-order valence-corrected chi connectivity index (χ1v) is 7.66. The van der Waals surface area contributed by atoms with Crippen LogP contribution >= 0.6 is 0 Å². The van der Waals surface area contributed by atoms with Gasteiger partial charge in [0, 0.05) is 12.1 Å². The van der Waals surface area contributed by atoms with Gasteiger partial charge in [0.1, 0.15) is 6.29 Å². The SMILES string of the molecule is CCC(CNC(=O)CCOc1ccc(C=O)cc1OC)C(=O)OC. The zero-order valence-electron chi connectivity index (χ0n) is 14.2. The van der Waals surface area contributed by atoms with Gasteiger partial charge < -0.3 is 19.5 Å². The summed E-state index contributed by atoms with van der Waals surface area (Å²) in [6.45, 7) is 2.24. The molecule has 1 aromatic carbocycles. The smallest absolute Gasteiger partial charge is 0.310 e. The summed E-state index contributed by atoms with van der Waals surface area (Å²) in [7, 11) is 2.80. The van der Waals surface area contributed by atoms with Crippen LogP contribution in [0.5, 0.6) is 11.5 Å². The highest BCUT2D eigenvalue weighted by Crippen LogP contribution is 2.27. The van der Waals surface area contributed by atoms with E-state index < -0.39 is 0 Å². The summed E-state index contributed by atoms with van der Waals surface area (Å²) in [5.74, 6) is -0.0284. The maximum absolute atomic E-state index is 11.8. The Morgan fingerprint density at radius 2 is 2.00 bits per heavy atom. The molecule has 1 unspecified atom stereocenters. The second kappa shape index (κ2) is 10.3. The molecule has 0 aliphatic rings. The van der Waals surface area contributed by atoms with Gasteiger partial charge in [0.2, 0.25) is 5.91 Å². The molecule has 0 aliphatic carbocycles. The Bertz CT molecular complexity index is 572. The minimum atomic E-state index is -0.351. The Kier molecular flexibility index (Phi) is 8.32. The number of hydrogen-bond donors (Lipinski definition) is 1. The van der Waals surface area contributed by atoms with E-state index in [1.54, 1.807) is 18.2 Å². The van der Waals surface area contributed by atoms with Gasteiger partial charge in [-0.1, -0.05) is 6.92 Å². The van der Waals surface area contributed by atoms with Crippen LogP contribution in [0.3, 0.4) is 0 Å². The molecule has 0 fully saturated rings. The molecule has 132 valence electrons. The minimum Gasteiger partial charge on any atom is -0.493 e. The molecule has 1 aromatic rings. The molecule has 0 saturated heterocycles. The highest BCUT2D eigenvalue weighted by molar-refractivity contribution is 5.78. The van der Waals surface area contributed by atoms with Crippen molar-refractivity contribution in [3.05, 3.63) is 23.8 Å². The summed E-state index contributed by atoms with van der Waals surface area (Å²) in [5.41, 5.74) is 0.477. The molecule has 1 amide bonds. The van der Waals surface area contributed by atoms with Crippen LogP contribution in [0.2, 0.25) is 0 Å². The van der Waals surface area contributed by atoms with Gasteiger partial charge in [-0.15, -0.1) is 0 Å². The minimum absolute atomic E-state index is 0.135. The summed E-state index contributed by atoms with van der Waals surface area (Å²) < 4.78 is 15.3. The Hall–Kier alpha value is -2.57. The van der Waals surface area contributed by atoms with Gasteiger partial charge in [-0.05, 0) is 24.6 Å². The van der Waals surface area contributed by atoms with Crippen molar-refractivity contribution in [2.45, 2.75) is 19.8 Å². The van der Waals surface area contributed by atoms with E-state index in [1.807, 2.05) is 6.92 Å². The maximum Gasteiger partial charge on any atom is 0.310 e. The van der Waals surface area contributed by atoms with Crippen LogP contribution in [0.15, 0.2) is 18.2 Å². The molecule has 7 heteroatoms. The van der Waals surface area contributed by atoms with Crippen molar-refractivity contribution >= 4 is 18.2 Å². The van der Waals surface area contributed by atoms with E-state index in [0.29, 0.717) is 29.8 Å². The van der Waals surface area contributed by atoms with Crippen LogP contribution in [0.4, 0.5) is 0 Å². The van der Waals surface area contributed by atoms with Gasteiger partial charge in [0.05, 0.1) is 33.2 Å². The molecule has 0 aromatic heterocycles. The highest BCUT2D eigenvalue weighted by atomic mass is 16.5. The molecule has 1 N–H and O–H groups in total. The molecule has 0 bridgehead atoms. The number of methoxy groups -OCH3 is 2. The number of hydrogen-bond acceptors (Lipinski definition) is 6. The van der Waals surface area contributed by atoms with Gasteiger partial charge in [-0.2, -0.15) is 0 Å². The van der Waals surface area contributed by atoms with Gasteiger partial charge in [0.15, 0.2) is 11.5 Å². The lowest BCUT2D eigenvalue weighted by atomic mass is 10.1. The number of benzene rings is 1. The van der Waals surface area contributed by atoms with Gasteiger partial charge in [0.25, 0.3) is 0 Å². The third-order valence-corrected chi connectivity index (χ3v) is 3.48. The Labute approximate surface area is 141 Å². The van der Waals surface area contributed by atoms with Crippen molar-refractivity contribution in [3.63, 3.8) is 0 Å². The first-order chi connectivity index (χ1) is 11.5. The number of carbonyl (C=O) groups excluding carboxylic acids is 3. The van der Waals surface area contributed by atoms with Gasteiger partial charge in [-0.25, -0.2) is 0 Å². The third kappa shape index (κ3) is 5.91. The fourth-order valence-corrected chi connectivity index (χ4v) is 2.02. The molecular formula is C17H23NO6. The molecule has 1 rings (SSSR count). The topological polar surface area (TPSA) is 90.9 Å². The normalized spacial score (nSPS) is 11.3. The predicted molar refractivity (Wildman–Crippen MR) is 87.3 cm³/mol. The van der Waals surface area contributed by atoms with Crippen LogP contribution in [-0.4, -0.2) is 45.5 Å². The number of carbonyl (C=O) groups is 3. The van der Waals surface area contributed by atoms with Crippen molar-refractivity contribution in [2.24, 2.45) is 5.92 Å². The Balaban J connectivity index is 2.43. The number of rotatable bonds is 10. The second-order valence-electron chi connectivity index (χ2n) is 5.06. The quantitative estimate of drug-likeness (QED) is 0.515. The van der Waals surface area contributed by atoms with Crippen molar-refractivity contribution in [1.82, 2.24) is 5.32 Å². The first-order valence-electron chi connectivity index (χ1n) is 7.66. The molecule has 0 aliphatic heterocycles. The van der Waals surface area contributed by atoms with Crippen molar-refractivity contribution in [3.8, 4) is 11.5 Å². The zero-order valence-corrected chi connectivity index (χ0v) is 14.2. The molecular weight excluding hydrogens is 314 g/mol. The van der Waals surface area contributed by atoms with Gasteiger partial charge >= 0.3 is 5.97 Å². The molecule has 0 radical (unpaired) electrons. The largest absolute Gasteiger partial charge is 0.493 e. The molecule has 0 heterocycles. The zero-order chi connectivity index (χ0) is 17.9. The molecule has 7 nitrogen and oxygen atoms in total. The van der Waals surface area contributed by atoms with E-state index in [1.165, 1.54) is 14.2 Å². The van der Waals surface area contributed by atoms with Crippen LogP contribution in [0.25, 0.3) is 0 Å². The summed E-state index contributed by atoms with van der Waals surface area (Å²) in [5, 5.41) is 2.68. The monoisotopic (exact) mass is 337 g/mol. The second-order valence-corrected chi connectivity index (χ2v) is 5.06. The van der Waals surface area contributed by atoms with E-state index in [-0.39, 0.29) is 37.4 Å². The molecule has 24 heavy (non-hydrogen) atoms. The van der Waals surface area contributed by atoms with Crippen molar-refractivity contribution in [1.29, 1.82) is 0 Å². The van der Waals surface area contributed by atoms with E-state index in [2.05, 4.69) is 10.1 Å². The lowest BCUT2D eigenvalue weighted by Crippen LogP contribution is -2.33. The standard InChI is InChI=1S/C17H23NO6/c1-4-13(17(21)23-3)10-18-16(20)7-8-24-14-6-5-12(11-19)9-15(14)22-2/h5-6,9,11,13H,4,7-8,10H2,1-3H3,(H,18,20). The molecule has 0 saturated carbocycles. The van der Waals surface area contributed by atoms with Gasteiger partial charge in [-0.3, -0.25) is 14.4 Å². The van der Waals surface area contributed by atoms with E-state index in [4.69, 9.17) is 9.47 Å². The van der Waals surface area contributed by atoms with Crippen LogP contribution in [0, 0.1) is 5.92 Å². The molecule has 0 spiro atoms. The van der Waals surface area contributed by atoms with E-state index in [9.17, 15) is 14.4 Å². The molecule has 1 atom stereocenters. The van der Waals surface area contributed by atoms with E-state index in [0.717, 1.165) is 0 Å². The number of amides is 1. The highest BCUT2D eigenvalue weighted by Gasteiger charge is 2.17. The fraction of sp³-hybridized carbons (Fsp3) is 0.471. The van der Waals surface area contributed by atoms with Crippen LogP contribution in [-0.2, 0) is 14.3 Å². The average molecular weight is 337 g/mol. The van der Waals surface area contributed by atoms with Crippen LogP contribution in [0.1, 0.15) is 30.1 Å². The maximum atomic E-state index is 11.8. The van der Waals surface area contributed by atoms with Crippen LogP contribution < -0.4 is 14.8 Å². The third-order valence-electron chi connectivity index (χ3n) is 3.48. The lowest BCUT2D eigenvalue weighted by Gasteiger charge is -2.14. The number of esters is 1. The lowest BCUT2D eigenvalue weighted by molar-refractivity contribution is -0.145. The van der Waals surface area contributed by atoms with Crippen molar-refractivity contribution in [2.75, 3.05) is 27.4 Å². The summed E-state index contributed by atoms with van der Waals surface area (Å²) >= 11 is 0. The summed E-state index contributed by atoms with van der Waals surface area (Å²) in [4.78, 5) is 34.0. The Morgan fingerprint density at radius 3 is 2.58 bits per heavy atom. The number of aldehydes is 1. The summed E-state index contributed by atoms with van der Waals surface area (Å²) in [6, 6.07) is 4.78. The van der Waals surface area contributed by atoms with Crippen molar-refractivity contribution < 1.29 is 28.6 Å². The number of nitrogens with one attached hydrogen (secondary N) is 1.